The molecule has 4 nitrogen and oxygen atoms in total. The number of anilines is 1. The molecule has 0 bridgehead atoms. The van der Waals surface area contributed by atoms with Gasteiger partial charge in [0.1, 0.15) is 5.82 Å². The molecule has 0 radical (unpaired) electrons. The van der Waals surface area contributed by atoms with Crippen LogP contribution in [0.1, 0.15) is 23.7 Å². The maximum absolute atomic E-state index is 12.3. The second kappa shape index (κ2) is 5.39. The number of benzene rings is 2. The van der Waals surface area contributed by atoms with Crippen molar-refractivity contribution in [1.29, 1.82) is 0 Å². The van der Waals surface area contributed by atoms with Crippen molar-refractivity contribution in [2.45, 2.75) is 19.4 Å². The maximum Gasteiger partial charge on any atom is 0.228 e. The number of hydrogen-bond donors (Lipinski definition) is 1. The summed E-state index contributed by atoms with van der Waals surface area (Å²) in [6.45, 7) is 1.99. The van der Waals surface area contributed by atoms with Crippen LogP contribution in [-0.4, -0.2) is 15.7 Å². The van der Waals surface area contributed by atoms with Gasteiger partial charge in [-0.25, -0.2) is 4.68 Å². The van der Waals surface area contributed by atoms with Crippen molar-refractivity contribution in [3.8, 4) is 11.1 Å². The summed E-state index contributed by atoms with van der Waals surface area (Å²) in [6, 6.07) is 20.1. The summed E-state index contributed by atoms with van der Waals surface area (Å²) in [5.41, 5.74) is 4.10. The minimum atomic E-state index is -0.0592. The van der Waals surface area contributed by atoms with Gasteiger partial charge in [-0.3, -0.25) is 4.79 Å². The molecule has 1 aromatic heterocycles. The van der Waals surface area contributed by atoms with E-state index in [1.807, 2.05) is 72.3 Å². The Kier molecular flexibility index (Phi) is 3.23. The topological polar surface area (TPSA) is 46.9 Å². The monoisotopic (exact) mass is 303 g/mol. The largest absolute Gasteiger partial charge is 0.310 e. The Morgan fingerprint density at radius 1 is 1.04 bits per heavy atom. The van der Waals surface area contributed by atoms with Crippen LogP contribution in [0.5, 0.6) is 0 Å². The molecule has 1 atom stereocenters. The van der Waals surface area contributed by atoms with Crippen LogP contribution in [0.25, 0.3) is 11.1 Å². The summed E-state index contributed by atoms with van der Waals surface area (Å²) in [6.07, 6.45) is 0.409. The average Bonchev–Trinajstić information content (AvgIpc) is 2.91. The lowest BCUT2D eigenvalue weighted by atomic mass is 10.0. The molecule has 4 rings (SSSR count). The molecule has 4 heteroatoms. The molecule has 0 fully saturated rings. The van der Waals surface area contributed by atoms with E-state index in [-0.39, 0.29) is 11.9 Å². The Balaban J connectivity index is 1.89. The third-order valence-electron chi connectivity index (χ3n) is 4.26. The smallest absolute Gasteiger partial charge is 0.228 e. The summed E-state index contributed by atoms with van der Waals surface area (Å²) < 4.78 is 1.95. The van der Waals surface area contributed by atoms with Gasteiger partial charge in [-0.15, -0.1) is 0 Å². The zero-order valence-electron chi connectivity index (χ0n) is 12.9. The van der Waals surface area contributed by atoms with Crippen LogP contribution in [-0.2, 0) is 4.79 Å². The second-order valence-corrected chi connectivity index (χ2v) is 5.80. The van der Waals surface area contributed by atoms with Gasteiger partial charge in [0.2, 0.25) is 5.91 Å². The summed E-state index contributed by atoms with van der Waals surface area (Å²) >= 11 is 0. The van der Waals surface area contributed by atoms with Crippen LogP contribution < -0.4 is 5.32 Å². The molecule has 114 valence electrons. The highest BCUT2D eigenvalue weighted by Crippen LogP contribution is 2.38. The van der Waals surface area contributed by atoms with Crippen molar-refractivity contribution in [1.82, 2.24) is 9.78 Å². The molecule has 2 aromatic carbocycles. The molecule has 0 saturated heterocycles. The van der Waals surface area contributed by atoms with E-state index < -0.39 is 0 Å². The van der Waals surface area contributed by atoms with Gasteiger partial charge in [-0.1, -0.05) is 60.7 Å². The molecule has 0 saturated carbocycles. The van der Waals surface area contributed by atoms with E-state index in [1.54, 1.807) is 0 Å². The zero-order chi connectivity index (χ0) is 15.8. The fourth-order valence-electron chi connectivity index (χ4n) is 3.22. The number of fused-ring (bicyclic) bond motifs is 1. The van der Waals surface area contributed by atoms with Crippen LogP contribution in [0.4, 0.5) is 5.82 Å². The Hall–Kier alpha value is -2.88. The molecular formula is C19H17N3O. The highest BCUT2D eigenvalue weighted by Gasteiger charge is 2.30. The number of carbonyl (C=O) groups is 1. The van der Waals surface area contributed by atoms with Gasteiger partial charge in [0.05, 0.1) is 18.2 Å². The standard InChI is InChI=1S/C19H17N3O/c1-13-18(15-10-6-3-7-11-15)19-20-17(23)12-16(22(19)21-13)14-8-4-2-5-9-14/h2-11,16H,12H2,1H3,(H,20,23)/t16-/m1/s1. The fraction of sp³-hybridized carbons (Fsp3) is 0.158. The predicted octanol–water partition coefficient (Wildman–Crippen LogP) is 3.79. The first-order valence-corrected chi connectivity index (χ1v) is 7.73. The number of aromatic nitrogens is 2. The molecule has 1 aliphatic heterocycles. The van der Waals surface area contributed by atoms with Crippen LogP contribution in [0.3, 0.4) is 0 Å². The van der Waals surface area contributed by atoms with Gasteiger partial charge in [-0.2, -0.15) is 5.10 Å². The van der Waals surface area contributed by atoms with Gasteiger partial charge < -0.3 is 5.32 Å². The number of rotatable bonds is 2. The number of nitrogens with zero attached hydrogens (tertiary/aromatic N) is 2. The van der Waals surface area contributed by atoms with Crippen molar-refractivity contribution in [2.24, 2.45) is 0 Å². The Bertz CT molecular complexity index is 853. The van der Waals surface area contributed by atoms with Gasteiger partial charge >= 0.3 is 0 Å². The number of aryl methyl sites for hydroxylation is 1. The summed E-state index contributed by atoms with van der Waals surface area (Å²) in [4.78, 5) is 12.3. The molecule has 1 aliphatic rings. The first-order chi connectivity index (χ1) is 11.2. The van der Waals surface area contributed by atoms with E-state index in [1.165, 1.54) is 0 Å². The van der Waals surface area contributed by atoms with Crippen molar-refractivity contribution in [2.75, 3.05) is 5.32 Å². The molecule has 0 spiro atoms. The third kappa shape index (κ3) is 2.32. The van der Waals surface area contributed by atoms with Crippen LogP contribution in [0.15, 0.2) is 60.7 Å². The van der Waals surface area contributed by atoms with E-state index in [4.69, 9.17) is 5.10 Å². The molecule has 23 heavy (non-hydrogen) atoms. The predicted molar refractivity (Wildman–Crippen MR) is 90.2 cm³/mol. The highest BCUT2D eigenvalue weighted by atomic mass is 16.1. The van der Waals surface area contributed by atoms with E-state index in [9.17, 15) is 4.79 Å². The van der Waals surface area contributed by atoms with Gasteiger partial charge in [0.25, 0.3) is 0 Å². The lowest BCUT2D eigenvalue weighted by Crippen LogP contribution is -2.29. The minimum absolute atomic E-state index is 0.0310. The Morgan fingerprint density at radius 2 is 1.70 bits per heavy atom. The quantitative estimate of drug-likeness (QED) is 0.783. The number of hydrogen-bond acceptors (Lipinski definition) is 2. The van der Waals surface area contributed by atoms with Crippen molar-refractivity contribution >= 4 is 11.7 Å². The van der Waals surface area contributed by atoms with Gasteiger partial charge in [0.15, 0.2) is 0 Å². The Morgan fingerprint density at radius 3 is 2.39 bits per heavy atom. The van der Waals surface area contributed by atoms with Gasteiger partial charge in [0, 0.05) is 5.56 Å². The molecular weight excluding hydrogens is 286 g/mol. The molecule has 2 heterocycles. The summed E-state index contributed by atoms with van der Waals surface area (Å²) in [5, 5.41) is 7.73. The van der Waals surface area contributed by atoms with Crippen LogP contribution in [0, 0.1) is 6.92 Å². The number of nitrogens with one attached hydrogen (secondary N) is 1. The molecule has 1 N–H and O–H groups in total. The lowest BCUT2D eigenvalue weighted by Gasteiger charge is -2.25. The van der Waals surface area contributed by atoms with Crippen molar-refractivity contribution in [3.63, 3.8) is 0 Å². The van der Waals surface area contributed by atoms with Crippen molar-refractivity contribution < 1.29 is 4.79 Å². The fourth-order valence-corrected chi connectivity index (χ4v) is 3.22. The van der Waals surface area contributed by atoms with E-state index in [0.29, 0.717) is 6.42 Å². The van der Waals surface area contributed by atoms with E-state index in [2.05, 4.69) is 5.32 Å². The van der Waals surface area contributed by atoms with Crippen LogP contribution >= 0.6 is 0 Å². The lowest BCUT2D eigenvalue weighted by molar-refractivity contribution is -0.117. The third-order valence-corrected chi connectivity index (χ3v) is 4.26. The molecule has 0 unspecified atom stereocenters. The summed E-state index contributed by atoms with van der Waals surface area (Å²) in [7, 11) is 0. The van der Waals surface area contributed by atoms with Crippen molar-refractivity contribution in [3.05, 3.63) is 71.9 Å². The average molecular weight is 303 g/mol. The number of amides is 1. The van der Waals surface area contributed by atoms with E-state index in [0.717, 1.165) is 28.2 Å². The normalized spacial score (nSPS) is 16.7. The van der Waals surface area contributed by atoms with E-state index >= 15 is 0 Å². The van der Waals surface area contributed by atoms with Gasteiger partial charge in [-0.05, 0) is 18.1 Å². The highest BCUT2D eigenvalue weighted by molar-refractivity contribution is 5.97. The number of carbonyl (C=O) groups excluding carboxylic acids is 1. The zero-order valence-corrected chi connectivity index (χ0v) is 12.9. The summed E-state index contributed by atoms with van der Waals surface area (Å²) in [5.74, 6) is 0.822. The van der Waals surface area contributed by atoms with Crippen LogP contribution in [0.2, 0.25) is 0 Å². The second-order valence-electron chi connectivity index (χ2n) is 5.80. The minimum Gasteiger partial charge on any atom is -0.310 e. The molecule has 3 aromatic rings. The molecule has 0 aliphatic carbocycles. The SMILES string of the molecule is Cc1nn2c(c1-c1ccccc1)NC(=O)C[C@@H]2c1ccccc1. The Labute approximate surface area is 134 Å². The molecule has 1 amide bonds. The first kappa shape index (κ1) is 13.8. The first-order valence-electron chi connectivity index (χ1n) is 7.73. The maximum atomic E-state index is 12.3.